The Morgan fingerprint density at radius 3 is 2.39 bits per heavy atom. The van der Waals surface area contributed by atoms with Gasteiger partial charge in [-0.15, -0.1) is 12.3 Å². The van der Waals surface area contributed by atoms with Gasteiger partial charge in [-0.05, 0) is 43.0 Å². The standard InChI is InChI=1S/C16H28OSi/c1-9-12(2)14-10-11-15(13(14)3)17-18(7,8)16(4,5)6/h1,12,14H,10-11H2,2-8H3. The molecule has 0 spiro atoms. The largest absolute Gasteiger partial charge is 0.547 e. The molecule has 0 aromatic heterocycles. The fourth-order valence-corrected chi connectivity index (χ4v) is 3.43. The summed E-state index contributed by atoms with van der Waals surface area (Å²) in [6.07, 6.45) is 7.77. The third-order valence-electron chi connectivity index (χ3n) is 4.73. The minimum atomic E-state index is -1.70. The maximum Gasteiger partial charge on any atom is 0.250 e. The average Bonchev–Trinajstić information content (AvgIpc) is 2.57. The molecule has 0 aromatic rings. The van der Waals surface area contributed by atoms with Crippen LogP contribution in [0.1, 0.15) is 47.5 Å². The Morgan fingerprint density at radius 2 is 1.94 bits per heavy atom. The van der Waals surface area contributed by atoms with E-state index in [4.69, 9.17) is 10.8 Å². The van der Waals surface area contributed by atoms with Gasteiger partial charge in [0.1, 0.15) is 0 Å². The summed E-state index contributed by atoms with van der Waals surface area (Å²) < 4.78 is 6.45. The molecule has 2 atom stereocenters. The van der Waals surface area contributed by atoms with Crippen LogP contribution in [0.5, 0.6) is 0 Å². The molecule has 0 saturated carbocycles. The highest BCUT2D eigenvalue weighted by atomic mass is 28.4. The zero-order valence-corrected chi connectivity index (χ0v) is 14.1. The van der Waals surface area contributed by atoms with E-state index in [1.165, 1.54) is 11.3 Å². The van der Waals surface area contributed by atoms with E-state index in [9.17, 15) is 0 Å². The molecular formula is C16H28OSi. The number of rotatable bonds is 3. The highest BCUT2D eigenvalue weighted by Crippen LogP contribution is 2.43. The number of hydrogen-bond donors (Lipinski definition) is 0. The van der Waals surface area contributed by atoms with Crippen LogP contribution in [0.4, 0.5) is 0 Å². The second-order valence-corrected chi connectivity index (χ2v) is 11.8. The van der Waals surface area contributed by atoms with Crippen LogP contribution in [0.15, 0.2) is 11.3 Å². The van der Waals surface area contributed by atoms with Crippen LogP contribution in [0, 0.1) is 24.2 Å². The molecule has 0 aliphatic heterocycles. The molecule has 1 aliphatic carbocycles. The minimum absolute atomic E-state index is 0.260. The van der Waals surface area contributed by atoms with Crippen LogP contribution in [-0.2, 0) is 4.43 Å². The van der Waals surface area contributed by atoms with Gasteiger partial charge in [-0.1, -0.05) is 27.7 Å². The highest BCUT2D eigenvalue weighted by molar-refractivity contribution is 6.74. The molecule has 0 radical (unpaired) electrons. The quantitative estimate of drug-likeness (QED) is 0.517. The number of terminal acetylenes is 1. The Kier molecular flexibility index (Phi) is 4.38. The molecule has 1 nitrogen and oxygen atoms in total. The Morgan fingerprint density at radius 1 is 1.39 bits per heavy atom. The molecule has 102 valence electrons. The van der Waals surface area contributed by atoms with Crippen LogP contribution < -0.4 is 0 Å². The van der Waals surface area contributed by atoms with Crippen LogP contribution in [0.3, 0.4) is 0 Å². The van der Waals surface area contributed by atoms with Crippen LogP contribution in [0.2, 0.25) is 18.1 Å². The van der Waals surface area contributed by atoms with E-state index in [1.807, 2.05) is 0 Å². The molecule has 2 heteroatoms. The normalized spacial score (nSPS) is 22.9. The van der Waals surface area contributed by atoms with Gasteiger partial charge in [-0.2, -0.15) is 0 Å². The van der Waals surface area contributed by atoms with Crippen LogP contribution >= 0.6 is 0 Å². The third-order valence-corrected chi connectivity index (χ3v) is 9.10. The molecular weight excluding hydrogens is 236 g/mol. The van der Waals surface area contributed by atoms with Crippen molar-refractivity contribution < 1.29 is 4.43 Å². The average molecular weight is 264 g/mol. The molecule has 0 bridgehead atoms. The van der Waals surface area contributed by atoms with Crippen molar-refractivity contribution in [2.45, 2.75) is 65.6 Å². The summed E-state index contributed by atoms with van der Waals surface area (Å²) in [5.41, 5.74) is 1.39. The van der Waals surface area contributed by atoms with Gasteiger partial charge in [0, 0.05) is 12.3 Å². The van der Waals surface area contributed by atoms with E-state index < -0.39 is 8.32 Å². The van der Waals surface area contributed by atoms with E-state index in [0.29, 0.717) is 11.8 Å². The first-order chi connectivity index (χ1) is 8.10. The number of allylic oxidation sites excluding steroid dienone is 2. The third kappa shape index (κ3) is 3.01. The van der Waals surface area contributed by atoms with Crippen molar-refractivity contribution in [3.05, 3.63) is 11.3 Å². The molecule has 0 fully saturated rings. The van der Waals surface area contributed by atoms with Crippen LogP contribution in [0.25, 0.3) is 0 Å². The molecule has 0 N–H and O–H groups in total. The minimum Gasteiger partial charge on any atom is -0.547 e. The lowest BCUT2D eigenvalue weighted by molar-refractivity contribution is 0.370. The van der Waals surface area contributed by atoms with E-state index in [0.717, 1.165) is 12.8 Å². The van der Waals surface area contributed by atoms with Gasteiger partial charge >= 0.3 is 0 Å². The second-order valence-electron chi connectivity index (χ2n) is 7.07. The van der Waals surface area contributed by atoms with Gasteiger partial charge in [-0.25, -0.2) is 0 Å². The molecule has 1 rings (SSSR count). The maximum atomic E-state index is 6.45. The molecule has 2 unspecified atom stereocenters. The Labute approximate surface area is 114 Å². The Bertz CT molecular complexity index is 379. The topological polar surface area (TPSA) is 9.23 Å². The molecule has 18 heavy (non-hydrogen) atoms. The summed E-state index contributed by atoms with van der Waals surface area (Å²) in [5, 5.41) is 0.260. The van der Waals surface area contributed by atoms with E-state index in [-0.39, 0.29) is 5.04 Å². The van der Waals surface area contributed by atoms with Gasteiger partial charge in [0.05, 0.1) is 5.76 Å². The van der Waals surface area contributed by atoms with Crippen molar-refractivity contribution in [1.29, 1.82) is 0 Å². The molecule has 0 amide bonds. The van der Waals surface area contributed by atoms with Crippen molar-refractivity contribution in [1.82, 2.24) is 0 Å². The van der Waals surface area contributed by atoms with Gasteiger partial charge in [0.2, 0.25) is 8.32 Å². The predicted octanol–water partition coefficient (Wildman–Crippen LogP) is 4.96. The first kappa shape index (κ1) is 15.4. The summed E-state index contributed by atoms with van der Waals surface area (Å²) in [4.78, 5) is 0. The zero-order chi connectivity index (χ0) is 14.1. The fraction of sp³-hybridized carbons (Fsp3) is 0.750. The summed E-state index contributed by atoms with van der Waals surface area (Å²) >= 11 is 0. The lowest BCUT2D eigenvalue weighted by Gasteiger charge is -2.37. The van der Waals surface area contributed by atoms with Crippen molar-refractivity contribution >= 4 is 8.32 Å². The van der Waals surface area contributed by atoms with E-state index in [2.05, 4.69) is 53.6 Å². The Balaban J connectivity index is 2.87. The van der Waals surface area contributed by atoms with Gasteiger partial charge in [-0.3, -0.25) is 0 Å². The first-order valence-corrected chi connectivity index (χ1v) is 9.86. The van der Waals surface area contributed by atoms with Crippen LogP contribution in [-0.4, -0.2) is 8.32 Å². The maximum absolute atomic E-state index is 6.45. The van der Waals surface area contributed by atoms with Crippen molar-refractivity contribution in [2.75, 3.05) is 0 Å². The SMILES string of the molecule is C#CC(C)C1CCC(O[Si](C)(C)C(C)(C)C)=C1C. The second kappa shape index (κ2) is 5.13. The summed E-state index contributed by atoms with van der Waals surface area (Å²) in [5.74, 6) is 4.95. The van der Waals surface area contributed by atoms with E-state index >= 15 is 0 Å². The molecule has 0 saturated heterocycles. The molecule has 1 aliphatic rings. The van der Waals surface area contributed by atoms with Crippen molar-refractivity contribution in [2.24, 2.45) is 11.8 Å². The summed E-state index contributed by atoms with van der Waals surface area (Å²) in [7, 11) is -1.70. The lowest BCUT2D eigenvalue weighted by atomic mass is 9.90. The summed E-state index contributed by atoms with van der Waals surface area (Å²) in [6, 6.07) is 0. The lowest BCUT2D eigenvalue weighted by Crippen LogP contribution is -2.40. The van der Waals surface area contributed by atoms with Crippen molar-refractivity contribution in [3.8, 4) is 12.3 Å². The Hall–Kier alpha value is -0.683. The van der Waals surface area contributed by atoms with Gasteiger partial charge < -0.3 is 4.43 Å². The fourth-order valence-electron chi connectivity index (χ4n) is 2.24. The highest BCUT2D eigenvalue weighted by Gasteiger charge is 2.41. The first-order valence-electron chi connectivity index (χ1n) is 6.95. The monoisotopic (exact) mass is 264 g/mol. The van der Waals surface area contributed by atoms with Gasteiger partial charge in [0.25, 0.3) is 0 Å². The molecule has 0 heterocycles. The summed E-state index contributed by atoms with van der Waals surface area (Å²) in [6.45, 7) is 15.8. The van der Waals surface area contributed by atoms with E-state index in [1.54, 1.807) is 0 Å². The molecule has 0 aromatic carbocycles. The van der Waals surface area contributed by atoms with Crippen molar-refractivity contribution in [3.63, 3.8) is 0 Å². The zero-order valence-electron chi connectivity index (χ0n) is 13.1. The number of hydrogen-bond acceptors (Lipinski definition) is 1. The van der Waals surface area contributed by atoms with Gasteiger partial charge in [0.15, 0.2) is 0 Å². The predicted molar refractivity (Wildman–Crippen MR) is 81.7 cm³/mol. The smallest absolute Gasteiger partial charge is 0.250 e.